The zero-order valence-corrected chi connectivity index (χ0v) is 14.1. The van der Waals surface area contributed by atoms with Crippen molar-refractivity contribution in [3.8, 4) is 5.75 Å². The van der Waals surface area contributed by atoms with Gasteiger partial charge in [-0.1, -0.05) is 0 Å². The first-order chi connectivity index (χ1) is 12.1. The monoisotopic (exact) mass is 344 g/mol. The summed E-state index contributed by atoms with van der Waals surface area (Å²) >= 11 is 0. The van der Waals surface area contributed by atoms with Crippen molar-refractivity contribution < 1.29 is 13.9 Å². The molecule has 2 aromatic rings. The molecule has 1 aromatic heterocycles. The molecule has 1 saturated heterocycles. The van der Waals surface area contributed by atoms with Gasteiger partial charge in [0, 0.05) is 18.8 Å². The zero-order chi connectivity index (χ0) is 17.4. The number of rotatable bonds is 2. The Morgan fingerprint density at radius 3 is 3.12 bits per heavy atom. The van der Waals surface area contributed by atoms with Crippen LogP contribution in [0.5, 0.6) is 5.75 Å². The van der Waals surface area contributed by atoms with Crippen LogP contribution in [-0.2, 0) is 0 Å². The zero-order valence-electron chi connectivity index (χ0n) is 14.1. The maximum absolute atomic E-state index is 13.5. The van der Waals surface area contributed by atoms with E-state index < -0.39 is 0 Å². The minimum atomic E-state index is -0.377. The van der Waals surface area contributed by atoms with Gasteiger partial charge in [-0.15, -0.1) is 0 Å². The number of nitrogens with zero attached hydrogens (tertiary/aromatic N) is 3. The molecule has 1 N–H and O–H groups in total. The minimum absolute atomic E-state index is 0.141. The highest BCUT2D eigenvalue weighted by molar-refractivity contribution is 6.06. The van der Waals surface area contributed by atoms with Gasteiger partial charge >= 0.3 is 0 Å². The number of piperidine rings is 1. The lowest BCUT2D eigenvalue weighted by Crippen LogP contribution is -2.42. The Morgan fingerprint density at radius 1 is 1.44 bits per heavy atom. The number of hydrogen-bond acceptors (Lipinski definition) is 4. The number of halogens is 1. The SMILES string of the molecule is CC1CN(C(=O)c2cnn(C3CCCNC3)c2)c2ccc(F)cc2O1. The Hall–Kier alpha value is -2.41. The molecule has 1 fully saturated rings. The molecule has 7 heteroatoms. The quantitative estimate of drug-likeness (QED) is 0.909. The summed E-state index contributed by atoms with van der Waals surface area (Å²) in [6.07, 6.45) is 5.38. The number of hydrogen-bond donors (Lipinski definition) is 1. The largest absolute Gasteiger partial charge is 0.487 e. The molecule has 2 aliphatic rings. The van der Waals surface area contributed by atoms with Crippen molar-refractivity contribution in [1.82, 2.24) is 15.1 Å². The van der Waals surface area contributed by atoms with Gasteiger partial charge in [-0.2, -0.15) is 5.10 Å². The fourth-order valence-corrected chi connectivity index (χ4v) is 3.47. The van der Waals surface area contributed by atoms with E-state index >= 15 is 0 Å². The average Bonchev–Trinajstić information content (AvgIpc) is 3.11. The molecule has 6 nitrogen and oxygen atoms in total. The van der Waals surface area contributed by atoms with Crippen LogP contribution in [0.4, 0.5) is 10.1 Å². The Bertz CT molecular complexity index is 785. The summed E-state index contributed by atoms with van der Waals surface area (Å²) < 4.78 is 21.0. The van der Waals surface area contributed by atoms with Gasteiger partial charge in [-0.05, 0) is 38.4 Å². The maximum Gasteiger partial charge on any atom is 0.261 e. The van der Waals surface area contributed by atoms with Crippen LogP contribution >= 0.6 is 0 Å². The predicted molar refractivity (Wildman–Crippen MR) is 91.5 cm³/mol. The smallest absolute Gasteiger partial charge is 0.261 e. The van der Waals surface area contributed by atoms with Crippen LogP contribution in [0.1, 0.15) is 36.2 Å². The van der Waals surface area contributed by atoms with Gasteiger partial charge in [0.05, 0.1) is 30.0 Å². The first-order valence-electron chi connectivity index (χ1n) is 8.65. The number of anilines is 1. The van der Waals surface area contributed by atoms with Crippen molar-refractivity contribution in [1.29, 1.82) is 0 Å². The van der Waals surface area contributed by atoms with Crippen LogP contribution in [0, 0.1) is 5.82 Å². The van der Waals surface area contributed by atoms with Crippen molar-refractivity contribution in [3.63, 3.8) is 0 Å². The van der Waals surface area contributed by atoms with E-state index in [2.05, 4.69) is 10.4 Å². The number of fused-ring (bicyclic) bond motifs is 1. The Kier molecular flexibility index (Phi) is 4.17. The first-order valence-corrected chi connectivity index (χ1v) is 8.65. The van der Waals surface area contributed by atoms with Gasteiger partial charge in [-0.25, -0.2) is 4.39 Å². The third kappa shape index (κ3) is 3.11. The van der Waals surface area contributed by atoms with Crippen molar-refractivity contribution in [2.45, 2.75) is 31.9 Å². The second kappa shape index (κ2) is 6.48. The molecular formula is C18H21FN4O2. The van der Waals surface area contributed by atoms with E-state index in [4.69, 9.17) is 4.74 Å². The first kappa shape index (κ1) is 16.1. The number of benzene rings is 1. The Morgan fingerprint density at radius 2 is 2.32 bits per heavy atom. The summed E-state index contributed by atoms with van der Waals surface area (Å²) in [5.41, 5.74) is 1.13. The fourth-order valence-electron chi connectivity index (χ4n) is 3.47. The summed E-state index contributed by atoms with van der Waals surface area (Å²) in [6.45, 7) is 4.19. The highest BCUT2D eigenvalue weighted by atomic mass is 19.1. The van der Waals surface area contributed by atoms with Gasteiger partial charge in [0.1, 0.15) is 17.7 Å². The van der Waals surface area contributed by atoms with Crippen LogP contribution in [0.3, 0.4) is 0 Å². The number of carbonyl (C=O) groups excluding carboxylic acids is 1. The van der Waals surface area contributed by atoms with Gasteiger partial charge in [0.25, 0.3) is 5.91 Å². The number of carbonyl (C=O) groups is 1. The Labute approximate surface area is 145 Å². The van der Waals surface area contributed by atoms with E-state index in [9.17, 15) is 9.18 Å². The molecule has 0 radical (unpaired) electrons. The van der Waals surface area contributed by atoms with Crippen molar-refractivity contribution in [2.75, 3.05) is 24.5 Å². The molecule has 2 unspecified atom stereocenters. The highest BCUT2D eigenvalue weighted by Gasteiger charge is 2.29. The summed E-state index contributed by atoms with van der Waals surface area (Å²) in [5, 5.41) is 7.73. The lowest BCUT2D eigenvalue weighted by Gasteiger charge is -2.33. The van der Waals surface area contributed by atoms with Gasteiger partial charge in [-0.3, -0.25) is 9.48 Å². The van der Waals surface area contributed by atoms with Gasteiger partial charge < -0.3 is 15.0 Å². The summed E-state index contributed by atoms with van der Waals surface area (Å²) in [6, 6.07) is 4.53. The summed E-state index contributed by atoms with van der Waals surface area (Å²) in [4.78, 5) is 14.6. The number of amides is 1. The molecule has 0 aliphatic carbocycles. The van der Waals surface area contributed by atoms with E-state index in [0.29, 0.717) is 23.5 Å². The molecule has 0 spiro atoms. The third-order valence-corrected chi connectivity index (χ3v) is 4.72. The van der Waals surface area contributed by atoms with Crippen molar-refractivity contribution in [3.05, 3.63) is 42.0 Å². The van der Waals surface area contributed by atoms with E-state index in [-0.39, 0.29) is 23.9 Å². The fraction of sp³-hybridized carbons (Fsp3) is 0.444. The van der Waals surface area contributed by atoms with Gasteiger partial charge in [0.2, 0.25) is 0 Å². The molecule has 1 amide bonds. The molecule has 0 saturated carbocycles. The second-order valence-electron chi connectivity index (χ2n) is 6.67. The lowest BCUT2D eigenvalue weighted by molar-refractivity contribution is 0.0960. The van der Waals surface area contributed by atoms with Crippen LogP contribution < -0.4 is 15.0 Å². The van der Waals surface area contributed by atoms with Crippen LogP contribution in [0.15, 0.2) is 30.6 Å². The van der Waals surface area contributed by atoms with Crippen LogP contribution in [0.2, 0.25) is 0 Å². The van der Waals surface area contributed by atoms with E-state index in [1.165, 1.54) is 12.1 Å². The molecule has 1 aromatic carbocycles. The molecule has 2 atom stereocenters. The highest BCUT2D eigenvalue weighted by Crippen LogP contribution is 2.35. The minimum Gasteiger partial charge on any atom is -0.487 e. The van der Waals surface area contributed by atoms with Crippen LogP contribution in [-0.4, -0.2) is 41.4 Å². The second-order valence-corrected chi connectivity index (χ2v) is 6.67. The molecule has 25 heavy (non-hydrogen) atoms. The normalized spacial score (nSPS) is 23.0. The number of aromatic nitrogens is 2. The standard InChI is InChI=1S/C18H21FN4O2/c1-12-10-22(16-5-4-14(19)7-17(16)25-12)18(24)13-8-21-23(11-13)15-3-2-6-20-9-15/h4-5,7-8,11-12,15,20H,2-3,6,9-10H2,1H3. The summed E-state index contributed by atoms with van der Waals surface area (Å²) in [7, 11) is 0. The number of nitrogens with one attached hydrogen (secondary N) is 1. The molecule has 0 bridgehead atoms. The molecule has 2 aliphatic heterocycles. The molecule has 3 heterocycles. The van der Waals surface area contributed by atoms with Crippen molar-refractivity contribution in [2.24, 2.45) is 0 Å². The Balaban J connectivity index is 1.60. The van der Waals surface area contributed by atoms with Gasteiger partial charge in [0.15, 0.2) is 0 Å². The van der Waals surface area contributed by atoms with E-state index in [0.717, 1.165) is 25.9 Å². The van der Waals surface area contributed by atoms with E-state index in [1.54, 1.807) is 17.2 Å². The van der Waals surface area contributed by atoms with E-state index in [1.807, 2.05) is 17.8 Å². The van der Waals surface area contributed by atoms with Crippen molar-refractivity contribution >= 4 is 11.6 Å². The topological polar surface area (TPSA) is 59.4 Å². The molecule has 132 valence electrons. The van der Waals surface area contributed by atoms with Crippen LogP contribution in [0.25, 0.3) is 0 Å². The lowest BCUT2D eigenvalue weighted by atomic mass is 10.1. The molecule has 4 rings (SSSR count). The predicted octanol–water partition coefficient (Wildman–Crippen LogP) is 2.37. The average molecular weight is 344 g/mol. The third-order valence-electron chi connectivity index (χ3n) is 4.72. The molecular weight excluding hydrogens is 323 g/mol. The summed E-state index contributed by atoms with van der Waals surface area (Å²) in [5.74, 6) is -0.119. The maximum atomic E-state index is 13.5. The number of ether oxygens (including phenoxy) is 1.